The third kappa shape index (κ3) is 2.32. The summed E-state index contributed by atoms with van der Waals surface area (Å²) in [6.45, 7) is 1.28. The number of methoxy groups -OCH3 is 1. The van der Waals surface area contributed by atoms with E-state index in [1.54, 1.807) is 7.11 Å². The number of ether oxygens (including phenoxy) is 1. The Morgan fingerprint density at radius 3 is 2.75 bits per heavy atom. The van der Waals surface area contributed by atoms with E-state index in [0.29, 0.717) is 30.6 Å². The molecule has 0 aliphatic heterocycles. The topological polar surface area (TPSA) is 59.6 Å². The Kier molecular flexibility index (Phi) is 3.69. The predicted octanol–water partition coefficient (Wildman–Crippen LogP) is 1.26. The van der Waals surface area contributed by atoms with Crippen molar-refractivity contribution < 1.29 is 4.74 Å². The molecule has 0 radical (unpaired) electrons. The van der Waals surface area contributed by atoms with Gasteiger partial charge in [0.05, 0.1) is 13.2 Å². The number of guanidine groups is 1. The van der Waals surface area contributed by atoms with E-state index in [9.17, 15) is 0 Å². The van der Waals surface area contributed by atoms with Crippen LogP contribution in [0.25, 0.3) is 0 Å². The summed E-state index contributed by atoms with van der Waals surface area (Å²) in [5.41, 5.74) is 6.42. The van der Waals surface area contributed by atoms with E-state index in [4.69, 9.17) is 10.5 Å². The van der Waals surface area contributed by atoms with Gasteiger partial charge in [0.2, 0.25) is 0 Å². The molecule has 2 rings (SSSR count). The van der Waals surface area contributed by atoms with Gasteiger partial charge in [-0.1, -0.05) is 12.8 Å². The average Bonchev–Trinajstić information content (AvgIpc) is 2.76. The second-order valence-corrected chi connectivity index (χ2v) is 5.06. The van der Waals surface area contributed by atoms with E-state index in [0.717, 1.165) is 0 Å². The SMILES string of the molecule is COCCN=C(N)NC1CCC12CCCC2. The molecule has 2 saturated carbocycles. The quantitative estimate of drug-likeness (QED) is 0.430. The van der Waals surface area contributed by atoms with Crippen LogP contribution in [0.3, 0.4) is 0 Å². The fourth-order valence-corrected chi connectivity index (χ4v) is 3.08. The number of hydrogen-bond acceptors (Lipinski definition) is 2. The minimum atomic E-state index is 0.557. The molecule has 4 heteroatoms. The van der Waals surface area contributed by atoms with Gasteiger partial charge in [-0.05, 0) is 31.1 Å². The molecule has 2 fully saturated rings. The van der Waals surface area contributed by atoms with Crippen LogP contribution in [-0.2, 0) is 4.74 Å². The van der Waals surface area contributed by atoms with Gasteiger partial charge in [0.15, 0.2) is 5.96 Å². The van der Waals surface area contributed by atoms with Crippen molar-refractivity contribution in [3.63, 3.8) is 0 Å². The van der Waals surface area contributed by atoms with E-state index in [-0.39, 0.29) is 0 Å². The molecule has 1 spiro atoms. The van der Waals surface area contributed by atoms with Gasteiger partial charge in [-0.25, -0.2) is 0 Å². The lowest BCUT2D eigenvalue weighted by Gasteiger charge is -2.47. The second kappa shape index (κ2) is 5.04. The molecule has 3 N–H and O–H groups in total. The summed E-state index contributed by atoms with van der Waals surface area (Å²) in [6, 6.07) is 0.571. The van der Waals surface area contributed by atoms with Crippen molar-refractivity contribution in [3.8, 4) is 0 Å². The molecular formula is C12H23N3O. The fourth-order valence-electron chi connectivity index (χ4n) is 3.08. The Bertz CT molecular complexity index is 259. The van der Waals surface area contributed by atoms with Gasteiger partial charge in [0, 0.05) is 13.2 Å². The number of nitrogens with one attached hydrogen (secondary N) is 1. The standard InChI is InChI=1S/C12H23N3O/c1-16-9-8-14-11(13)15-10-4-7-12(10)5-2-3-6-12/h10H,2-9H2,1H3,(H3,13,14,15). The summed E-state index contributed by atoms with van der Waals surface area (Å²) in [4.78, 5) is 4.25. The Balaban J connectivity index is 1.79. The van der Waals surface area contributed by atoms with Crippen molar-refractivity contribution in [2.45, 2.75) is 44.6 Å². The van der Waals surface area contributed by atoms with E-state index in [1.165, 1.54) is 38.5 Å². The van der Waals surface area contributed by atoms with Crippen LogP contribution < -0.4 is 11.1 Å². The fraction of sp³-hybridized carbons (Fsp3) is 0.917. The number of nitrogens with two attached hydrogens (primary N) is 1. The molecule has 0 bridgehead atoms. The normalized spacial score (nSPS) is 28.1. The highest BCUT2D eigenvalue weighted by atomic mass is 16.5. The summed E-state index contributed by atoms with van der Waals surface area (Å²) in [5.74, 6) is 0.591. The zero-order valence-corrected chi connectivity index (χ0v) is 10.2. The highest BCUT2D eigenvalue weighted by molar-refractivity contribution is 5.78. The first kappa shape index (κ1) is 11.7. The Labute approximate surface area is 97.6 Å². The molecule has 0 amide bonds. The van der Waals surface area contributed by atoms with Crippen LogP contribution >= 0.6 is 0 Å². The van der Waals surface area contributed by atoms with Crippen molar-refractivity contribution in [2.24, 2.45) is 16.1 Å². The maximum absolute atomic E-state index is 5.86. The number of aliphatic imine (C=N–C) groups is 1. The monoisotopic (exact) mass is 225 g/mol. The van der Waals surface area contributed by atoms with Gasteiger partial charge in [-0.3, -0.25) is 4.99 Å². The molecule has 0 aromatic heterocycles. The largest absolute Gasteiger partial charge is 0.383 e. The lowest BCUT2D eigenvalue weighted by Crippen LogP contribution is -2.55. The first-order valence-electron chi connectivity index (χ1n) is 6.32. The van der Waals surface area contributed by atoms with Crippen LogP contribution in [0.15, 0.2) is 4.99 Å². The lowest BCUT2D eigenvalue weighted by atomic mass is 9.63. The Morgan fingerprint density at radius 2 is 2.19 bits per heavy atom. The molecule has 0 heterocycles. The van der Waals surface area contributed by atoms with Crippen LogP contribution in [0.1, 0.15) is 38.5 Å². The van der Waals surface area contributed by atoms with Gasteiger partial charge >= 0.3 is 0 Å². The van der Waals surface area contributed by atoms with E-state index >= 15 is 0 Å². The average molecular weight is 225 g/mol. The summed E-state index contributed by atoms with van der Waals surface area (Å²) >= 11 is 0. The molecule has 92 valence electrons. The molecule has 1 unspecified atom stereocenters. The highest BCUT2D eigenvalue weighted by Gasteiger charge is 2.48. The van der Waals surface area contributed by atoms with Gasteiger partial charge in [0.25, 0.3) is 0 Å². The number of hydrogen-bond donors (Lipinski definition) is 2. The van der Waals surface area contributed by atoms with Crippen molar-refractivity contribution in [2.75, 3.05) is 20.3 Å². The summed E-state index contributed by atoms with van der Waals surface area (Å²) < 4.78 is 4.94. The minimum absolute atomic E-state index is 0.557. The molecule has 16 heavy (non-hydrogen) atoms. The third-order valence-corrected chi connectivity index (χ3v) is 4.17. The zero-order valence-electron chi connectivity index (χ0n) is 10.2. The third-order valence-electron chi connectivity index (χ3n) is 4.17. The van der Waals surface area contributed by atoms with Crippen LogP contribution in [-0.4, -0.2) is 32.3 Å². The van der Waals surface area contributed by atoms with Gasteiger partial charge < -0.3 is 15.8 Å². The highest BCUT2D eigenvalue weighted by Crippen LogP contribution is 2.53. The summed E-state index contributed by atoms with van der Waals surface area (Å²) in [5, 5.41) is 3.38. The maximum Gasteiger partial charge on any atom is 0.188 e. The first-order valence-corrected chi connectivity index (χ1v) is 6.32. The maximum atomic E-state index is 5.86. The molecule has 2 aliphatic carbocycles. The number of rotatable bonds is 4. The van der Waals surface area contributed by atoms with Crippen molar-refractivity contribution in [1.29, 1.82) is 0 Å². The van der Waals surface area contributed by atoms with Crippen LogP contribution in [0.2, 0.25) is 0 Å². The van der Waals surface area contributed by atoms with Crippen LogP contribution in [0.4, 0.5) is 0 Å². The lowest BCUT2D eigenvalue weighted by molar-refractivity contribution is 0.0871. The number of nitrogens with zero attached hydrogens (tertiary/aromatic N) is 1. The van der Waals surface area contributed by atoms with Crippen molar-refractivity contribution in [3.05, 3.63) is 0 Å². The minimum Gasteiger partial charge on any atom is -0.383 e. The molecule has 2 aliphatic rings. The van der Waals surface area contributed by atoms with Gasteiger partial charge in [0.1, 0.15) is 0 Å². The van der Waals surface area contributed by atoms with Crippen LogP contribution in [0, 0.1) is 5.41 Å². The van der Waals surface area contributed by atoms with Crippen molar-refractivity contribution in [1.82, 2.24) is 5.32 Å². The smallest absolute Gasteiger partial charge is 0.188 e. The van der Waals surface area contributed by atoms with E-state index in [1.807, 2.05) is 0 Å². The summed E-state index contributed by atoms with van der Waals surface area (Å²) in [6.07, 6.45) is 8.14. The van der Waals surface area contributed by atoms with Gasteiger partial charge in [-0.15, -0.1) is 0 Å². The Hall–Kier alpha value is -0.770. The zero-order chi connectivity index (χ0) is 11.4. The van der Waals surface area contributed by atoms with Gasteiger partial charge in [-0.2, -0.15) is 0 Å². The second-order valence-electron chi connectivity index (χ2n) is 5.06. The molecule has 4 nitrogen and oxygen atoms in total. The molecule has 0 aromatic carbocycles. The van der Waals surface area contributed by atoms with E-state index < -0.39 is 0 Å². The predicted molar refractivity (Wildman–Crippen MR) is 65.4 cm³/mol. The molecule has 1 atom stereocenters. The summed E-state index contributed by atoms with van der Waals surface area (Å²) in [7, 11) is 1.68. The molecule has 0 saturated heterocycles. The molecule has 0 aromatic rings. The molecular weight excluding hydrogens is 202 g/mol. The van der Waals surface area contributed by atoms with E-state index in [2.05, 4.69) is 10.3 Å². The Morgan fingerprint density at radius 1 is 1.44 bits per heavy atom. The first-order chi connectivity index (χ1) is 7.77. The van der Waals surface area contributed by atoms with Crippen molar-refractivity contribution >= 4 is 5.96 Å². The van der Waals surface area contributed by atoms with Crippen LogP contribution in [0.5, 0.6) is 0 Å².